The number of carbonyl (C=O) groups is 3. The third kappa shape index (κ3) is 8.42. The monoisotopic (exact) mass is 826 g/mol. The number of aliphatic hydroxyl groups is 1. The maximum absolute atomic E-state index is 14.4. The Hall–Kier alpha value is -3.54. The summed E-state index contributed by atoms with van der Waals surface area (Å²) in [4.78, 5) is 53.4. The van der Waals surface area contributed by atoms with Crippen LogP contribution < -0.4 is 0 Å². The van der Waals surface area contributed by atoms with E-state index in [1.165, 1.54) is 6.92 Å². The van der Waals surface area contributed by atoms with Crippen LogP contribution in [0.1, 0.15) is 86.8 Å². The van der Waals surface area contributed by atoms with E-state index in [0.29, 0.717) is 38.6 Å². The lowest BCUT2D eigenvalue weighted by Gasteiger charge is -2.49. The molecule has 2 aromatic rings. The molecule has 16 heteroatoms. The van der Waals surface area contributed by atoms with Gasteiger partial charge in [0, 0.05) is 54.0 Å². The predicted octanol–water partition coefficient (Wildman–Crippen LogP) is 5.36. The number of nitrogens with zero attached hydrogens (tertiary/aromatic N) is 6. The molecule has 15 nitrogen and oxygen atoms in total. The lowest BCUT2D eigenvalue weighted by Crippen LogP contribution is -2.63. The van der Waals surface area contributed by atoms with Crippen molar-refractivity contribution in [3.63, 3.8) is 0 Å². The fourth-order valence-corrected chi connectivity index (χ4v) is 10.4. The van der Waals surface area contributed by atoms with E-state index >= 15 is 0 Å². The molecular formula is C42H62N6O9S. The molecule has 2 bridgehead atoms. The highest BCUT2D eigenvalue weighted by Crippen LogP contribution is 2.46. The number of likely N-dealkylation sites (N-methyl/N-ethyl adjacent to an activating group) is 1. The molecule has 0 spiro atoms. The molecule has 4 aliphatic rings. The number of Topliss-reactive ketones (excluding diaryl/α,β-unsaturated/α-hetero) is 1. The lowest BCUT2D eigenvalue weighted by atomic mass is 9.73. The van der Waals surface area contributed by atoms with Crippen molar-refractivity contribution in [1.29, 1.82) is 0 Å². The second-order valence-corrected chi connectivity index (χ2v) is 18.1. The van der Waals surface area contributed by atoms with E-state index in [2.05, 4.69) is 11.9 Å². The number of esters is 1. The summed E-state index contributed by atoms with van der Waals surface area (Å²) in [5.74, 6) is -3.78. The van der Waals surface area contributed by atoms with Crippen LogP contribution in [0.5, 0.6) is 0 Å². The van der Waals surface area contributed by atoms with Gasteiger partial charge in [-0.05, 0) is 91.9 Å². The van der Waals surface area contributed by atoms with Gasteiger partial charge in [0.25, 0.3) is 0 Å². The topological polar surface area (TPSA) is 165 Å². The Labute approximate surface area is 346 Å². The molecule has 58 heavy (non-hydrogen) atoms. The normalized spacial score (nSPS) is 37.4. The summed E-state index contributed by atoms with van der Waals surface area (Å²) < 4.78 is 31.7. The SMILES string of the molecule is CC[C@H]1OC(=O)[C@H](C)C(=O)[C@H](C)[C@@H](O[C@H]2O[C@@H](C)C[C@@H](N(C)C)[C@@H]2O)C(C)(OC)C[C@@H](C)C2=NN(CCCc3csc(-c4cccnc4)n3)N3C(=O)O[C@@]1(C)[C@H]3[C@H]2C. The third-order valence-corrected chi connectivity index (χ3v) is 13.7. The molecule has 0 saturated carbocycles. The lowest BCUT2D eigenvalue weighted by molar-refractivity contribution is -0.295. The van der Waals surface area contributed by atoms with Gasteiger partial charge in [0.1, 0.15) is 29.2 Å². The summed E-state index contributed by atoms with van der Waals surface area (Å²) in [7, 11) is 5.38. The number of cyclic esters (lactones) is 1. The maximum atomic E-state index is 14.4. The Morgan fingerprint density at radius 1 is 1.10 bits per heavy atom. The van der Waals surface area contributed by atoms with Gasteiger partial charge in [-0.3, -0.25) is 14.6 Å². The van der Waals surface area contributed by atoms with Crippen molar-refractivity contribution >= 4 is 34.9 Å². The molecule has 1 N–H and O–H groups in total. The molecule has 3 fully saturated rings. The molecule has 0 aliphatic carbocycles. The number of hydrogen-bond acceptors (Lipinski definition) is 15. The van der Waals surface area contributed by atoms with Crippen molar-refractivity contribution < 1.29 is 43.2 Å². The van der Waals surface area contributed by atoms with E-state index in [0.717, 1.165) is 22.0 Å². The van der Waals surface area contributed by atoms with Gasteiger partial charge in [-0.15, -0.1) is 11.3 Å². The number of hydrogen-bond donors (Lipinski definition) is 1. The molecule has 6 heterocycles. The Bertz CT molecular complexity index is 1810. The molecule has 13 atom stereocenters. The van der Waals surface area contributed by atoms with E-state index in [1.54, 1.807) is 47.9 Å². The summed E-state index contributed by atoms with van der Waals surface area (Å²) >= 11 is 1.56. The number of hydrazine groups is 1. The summed E-state index contributed by atoms with van der Waals surface area (Å²) in [6.07, 6.45) is 1.39. The second kappa shape index (κ2) is 17.6. The number of aromatic nitrogens is 2. The minimum absolute atomic E-state index is 0.228. The molecule has 4 aliphatic heterocycles. The van der Waals surface area contributed by atoms with Crippen LogP contribution in [0.3, 0.4) is 0 Å². The number of thiazole rings is 1. The van der Waals surface area contributed by atoms with Gasteiger partial charge in [-0.25, -0.2) is 9.78 Å². The number of amides is 1. The smallest absolute Gasteiger partial charge is 0.431 e. The van der Waals surface area contributed by atoms with E-state index < -0.39 is 71.5 Å². The van der Waals surface area contributed by atoms with Crippen molar-refractivity contribution in [2.45, 2.75) is 141 Å². The number of hydrazone groups is 1. The molecule has 1 unspecified atom stereocenters. The molecular weight excluding hydrogens is 765 g/mol. The first-order chi connectivity index (χ1) is 27.4. The van der Waals surface area contributed by atoms with Gasteiger partial charge < -0.3 is 33.7 Å². The molecule has 1 amide bonds. The van der Waals surface area contributed by atoms with Crippen molar-refractivity contribution in [2.75, 3.05) is 27.7 Å². The fourth-order valence-electron chi connectivity index (χ4n) is 9.56. The van der Waals surface area contributed by atoms with Crippen LogP contribution in [0.15, 0.2) is 35.0 Å². The van der Waals surface area contributed by atoms with Crippen molar-refractivity contribution in [2.24, 2.45) is 28.8 Å². The van der Waals surface area contributed by atoms with Crippen LogP contribution in [0.2, 0.25) is 0 Å². The molecule has 2 aromatic heterocycles. The Kier molecular flexibility index (Phi) is 13.3. The largest absolute Gasteiger partial charge is 0.457 e. The zero-order valence-electron chi connectivity index (χ0n) is 35.8. The second-order valence-electron chi connectivity index (χ2n) is 17.2. The molecule has 0 aromatic carbocycles. The Balaban J connectivity index is 1.37. The van der Waals surface area contributed by atoms with Crippen molar-refractivity contribution in [3.05, 3.63) is 35.6 Å². The van der Waals surface area contributed by atoms with Gasteiger partial charge in [-0.2, -0.15) is 15.2 Å². The number of aryl methyl sites for hydroxylation is 1. The van der Waals surface area contributed by atoms with Crippen LogP contribution in [-0.2, 0) is 39.7 Å². The number of ether oxygens (including phenoxy) is 5. The standard InChI is InChI=1S/C42H62N6O9S/c1-12-31-42(8)35-25(4)32(45-47(48(35)40(52)57-42)18-14-16-29-22-58-37(44-29)28-15-13-17-43-21-28)23(2)20-41(7,53-11)36(26(5)33(49)27(6)38(51)55-31)56-39-34(50)30(46(9)10)19-24(3)54-39/h13,15,17,21-27,30-31,34-36,39,50H,12,14,16,18-20H2,1-11H3/t23-,24+,25+,26+,27-,30-,31-,34+,35-,36-,39-,41?,42-/m1/s1. The fraction of sp³-hybridized carbons (Fsp3) is 0.714. The van der Waals surface area contributed by atoms with Gasteiger partial charge in [-0.1, -0.05) is 27.7 Å². The number of fused-ring (bicyclic) bond motifs is 1. The maximum Gasteiger partial charge on any atom is 0.431 e. The molecule has 3 saturated heterocycles. The quantitative estimate of drug-likeness (QED) is 0.241. The number of pyridine rings is 1. The highest BCUT2D eigenvalue weighted by atomic mass is 32.1. The zero-order valence-corrected chi connectivity index (χ0v) is 36.6. The van der Waals surface area contributed by atoms with E-state index in [-0.39, 0.29) is 24.0 Å². The minimum atomic E-state index is -1.27. The molecule has 0 radical (unpaired) electrons. The average molecular weight is 827 g/mol. The average Bonchev–Trinajstić information content (AvgIpc) is 3.78. The van der Waals surface area contributed by atoms with Crippen LogP contribution >= 0.6 is 11.3 Å². The van der Waals surface area contributed by atoms with E-state index in [1.807, 2.05) is 71.1 Å². The van der Waals surface area contributed by atoms with Gasteiger partial charge in [0.2, 0.25) is 0 Å². The summed E-state index contributed by atoms with van der Waals surface area (Å²) in [6.45, 7) is 15.3. The number of methoxy groups -OCH3 is 1. The van der Waals surface area contributed by atoms with Crippen LogP contribution in [0.4, 0.5) is 4.79 Å². The van der Waals surface area contributed by atoms with Crippen molar-refractivity contribution in [1.82, 2.24) is 25.0 Å². The van der Waals surface area contributed by atoms with E-state index in [9.17, 15) is 19.5 Å². The third-order valence-electron chi connectivity index (χ3n) is 12.8. The Morgan fingerprint density at radius 2 is 1.84 bits per heavy atom. The summed E-state index contributed by atoms with van der Waals surface area (Å²) in [5, 5.41) is 22.9. The molecule has 6 rings (SSSR count). The van der Waals surface area contributed by atoms with Gasteiger partial charge >= 0.3 is 12.1 Å². The first kappa shape index (κ1) is 44.0. The zero-order chi connectivity index (χ0) is 42.3. The van der Waals surface area contributed by atoms with Gasteiger partial charge in [0.05, 0.1) is 30.0 Å². The number of carbonyl (C=O) groups excluding carboxylic acids is 3. The Morgan fingerprint density at radius 3 is 2.50 bits per heavy atom. The number of aliphatic hydroxyl groups excluding tert-OH is 1. The first-order valence-electron chi connectivity index (χ1n) is 20.6. The number of rotatable bonds is 10. The summed E-state index contributed by atoms with van der Waals surface area (Å²) in [6, 6.07) is 3.03. The summed E-state index contributed by atoms with van der Waals surface area (Å²) in [5.41, 5.74) is 0.288. The minimum Gasteiger partial charge on any atom is -0.457 e. The van der Waals surface area contributed by atoms with Crippen LogP contribution in [0.25, 0.3) is 10.6 Å². The van der Waals surface area contributed by atoms with Gasteiger partial charge in [0.15, 0.2) is 17.7 Å². The van der Waals surface area contributed by atoms with Crippen molar-refractivity contribution in [3.8, 4) is 10.6 Å². The van der Waals surface area contributed by atoms with Crippen LogP contribution in [0, 0.1) is 23.7 Å². The predicted molar refractivity (Wildman–Crippen MR) is 217 cm³/mol. The van der Waals surface area contributed by atoms with Crippen LogP contribution in [-0.4, -0.2) is 135 Å². The number of ketones is 1. The highest BCUT2D eigenvalue weighted by molar-refractivity contribution is 7.13. The molecule has 320 valence electrons. The first-order valence-corrected chi connectivity index (χ1v) is 21.5. The highest BCUT2D eigenvalue weighted by Gasteiger charge is 2.63. The van der Waals surface area contributed by atoms with E-state index in [4.69, 9.17) is 33.8 Å².